The van der Waals surface area contributed by atoms with Gasteiger partial charge in [-0.2, -0.15) is 0 Å². The maximum Gasteiger partial charge on any atom is 0.159 e. The summed E-state index contributed by atoms with van der Waals surface area (Å²) in [6, 6.07) is 0. The zero-order valence-corrected chi connectivity index (χ0v) is 8.11. The summed E-state index contributed by atoms with van der Waals surface area (Å²) in [5, 5.41) is 0. The highest BCUT2D eigenvalue weighted by molar-refractivity contribution is 5.96. The van der Waals surface area contributed by atoms with Crippen molar-refractivity contribution in [2.24, 2.45) is 11.8 Å². The third-order valence-corrected chi connectivity index (χ3v) is 3.24. The van der Waals surface area contributed by atoms with Gasteiger partial charge in [0.25, 0.3) is 0 Å². The molecule has 0 N–H and O–H groups in total. The van der Waals surface area contributed by atoms with Crippen LogP contribution >= 0.6 is 0 Å². The summed E-state index contributed by atoms with van der Waals surface area (Å²) in [5.74, 6) is 0.878. The zero-order chi connectivity index (χ0) is 9.97. The third-order valence-electron chi connectivity index (χ3n) is 3.24. The van der Waals surface area contributed by atoms with Crippen molar-refractivity contribution in [2.45, 2.75) is 25.7 Å². The Bertz CT molecular complexity index is 312. The van der Waals surface area contributed by atoms with Crippen LogP contribution in [-0.2, 0) is 9.59 Å². The topological polar surface area (TPSA) is 34.1 Å². The molecule has 0 aromatic heterocycles. The molecule has 2 heteroatoms. The molecular weight excluding hydrogens is 176 g/mol. The molecule has 1 fully saturated rings. The van der Waals surface area contributed by atoms with E-state index in [1.165, 1.54) is 18.9 Å². The third kappa shape index (κ3) is 1.57. The van der Waals surface area contributed by atoms with E-state index in [9.17, 15) is 9.59 Å². The highest BCUT2D eigenvalue weighted by Gasteiger charge is 2.36. The Balaban J connectivity index is 2.17. The first-order valence-electron chi connectivity index (χ1n) is 5.20. The van der Waals surface area contributed by atoms with E-state index in [0.29, 0.717) is 5.92 Å². The number of fused-ring (bicyclic) bond motifs is 1. The van der Waals surface area contributed by atoms with Gasteiger partial charge in [0.1, 0.15) is 6.29 Å². The van der Waals surface area contributed by atoms with Crippen LogP contribution in [0.15, 0.2) is 23.8 Å². The second-order valence-electron chi connectivity index (χ2n) is 4.04. The molecule has 2 nitrogen and oxygen atoms in total. The number of carbonyl (C=O) groups is 2. The number of hydrogen-bond donors (Lipinski definition) is 0. The minimum atomic E-state index is 0.218. The minimum absolute atomic E-state index is 0.218. The second-order valence-corrected chi connectivity index (χ2v) is 4.04. The number of rotatable bonds is 2. The lowest BCUT2D eigenvalue weighted by molar-refractivity contribution is -0.119. The van der Waals surface area contributed by atoms with Crippen molar-refractivity contribution in [3.05, 3.63) is 23.8 Å². The molecule has 0 radical (unpaired) electrons. The van der Waals surface area contributed by atoms with Crippen molar-refractivity contribution in [1.29, 1.82) is 0 Å². The van der Waals surface area contributed by atoms with Crippen molar-refractivity contribution >= 4 is 12.1 Å². The lowest BCUT2D eigenvalue weighted by Crippen LogP contribution is -2.20. The maximum atomic E-state index is 11.6. The first-order valence-corrected chi connectivity index (χ1v) is 5.20. The van der Waals surface area contributed by atoms with Gasteiger partial charge in [-0.3, -0.25) is 9.59 Å². The highest BCUT2D eigenvalue weighted by atomic mass is 16.1. The Hall–Kier alpha value is -1.18. The van der Waals surface area contributed by atoms with E-state index < -0.39 is 0 Å². The number of aldehydes is 1. The highest BCUT2D eigenvalue weighted by Crippen LogP contribution is 2.40. The van der Waals surface area contributed by atoms with Gasteiger partial charge in [0.05, 0.1) is 0 Å². The van der Waals surface area contributed by atoms with E-state index in [2.05, 4.69) is 0 Å². The molecular formula is C12H14O2. The molecule has 2 unspecified atom stereocenters. The monoisotopic (exact) mass is 190 g/mol. The van der Waals surface area contributed by atoms with Gasteiger partial charge < -0.3 is 0 Å². The van der Waals surface area contributed by atoms with E-state index >= 15 is 0 Å². The first-order chi connectivity index (χ1) is 6.83. The Morgan fingerprint density at radius 3 is 2.64 bits per heavy atom. The molecule has 0 saturated heterocycles. The summed E-state index contributed by atoms with van der Waals surface area (Å²) in [5.41, 5.74) is 1.06. The standard InChI is InChI=1S/C12H14O2/c13-7-3-4-9-8-12(14)11-6-2-1-5-10(9)11/h3-4,7-8,10-11H,1-2,5-6H2/b4-3+. The van der Waals surface area contributed by atoms with Crippen LogP contribution in [0.25, 0.3) is 0 Å². The molecule has 0 aromatic rings. The lowest BCUT2D eigenvalue weighted by Gasteiger charge is -2.25. The van der Waals surface area contributed by atoms with Crippen molar-refractivity contribution in [3.8, 4) is 0 Å². The van der Waals surface area contributed by atoms with Crippen LogP contribution in [0.4, 0.5) is 0 Å². The Kier molecular flexibility index (Phi) is 2.62. The SMILES string of the molecule is O=C/C=C/C1=CC(=O)C2CCCCC12. The van der Waals surface area contributed by atoms with Crippen LogP contribution in [0.2, 0.25) is 0 Å². The summed E-state index contributed by atoms with van der Waals surface area (Å²) in [7, 11) is 0. The van der Waals surface area contributed by atoms with Gasteiger partial charge in [-0.25, -0.2) is 0 Å². The summed E-state index contributed by atoms with van der Waals surface area (Å²) in [6.45, 7) is 0. The molecule has 0 aromatic carbocycles. The molecule has 0 aliphatic heterocycles. The van der Waals surface area contributed by atoms with Crippen molar-refractivity contribution < 1.29 is 9.59 Å². The van der Waals surface area contributed by atoms with E-state index in [1.807, 2.05) is 0 Å². The van der Waals surface area contributed by atoms with Gasteiger partial charge >= 0.3 is 0 Å². The Morgan fingerprint density at radius 1 is 1.21 bits per heavy atom. The average molecular weight is 190 g/mol. The van der Waals surface area contributed by atoms with Gasteiger partial charge in [0.15, 0.2) is 5.78 Å². The van der Waals surface area contributed by atoms with Gasteiger partial charge in [-0.05, 0) is 36.5 Å². The van der Waals surface area contributed by atoms with Crippen LogP contribution < -0.4 is 0 Å². The maximum absolute atomic E-state index is 11.6. The second kappa shape index (κ2) is 3.91. The van der Waals surface area contributed by atoms with Crippen LogP contribution in [0.1, 0.15) is 25.7 Å². The van der Waals surface area contributed by atoms with Crippen molar-refractivity contribution in [2.75, 3.05) is 0 Å². The largest absolute Gasteiger partial charge is 0.299 e. The molecule has 0 amide bonds. The molecule has 0 bridgehead atoms. The van der Waals surface area contributed by atoms with Crippen molar-refractivity contribution in [1.82, 2.24) is 0 Å². The van der Waals surface area contributed by atoms with Crippen LogP contribution in [0.5, 0.6) is 0 Å². The quantitative estimate of drug-likeness (QED) is 0.493. The van der Waals surface area contributed by atoms with Gasteiger partial charge in [0.2, 0.25) is 0 Å². The van der Waals surface area contributed by atoms with E-state index in [4.69, 9.17) is 0 Å². The summed E-state index contributed by atoms with van der Waals surface area (Å²) in [6.07, 6.45) is 10.3. The predicted molar refractivity (Wildman–Crippen MR) is 53.7 cm³/mol. The zero-order valence-electron chi connectivity index (χ0n) is 8.11. The molecule has 2 aliphatic rings. The predicted octanol–water partition coefficient (Wildman–Crippen LogP) is 2.06. The average Bonchev–Trinajstić information content (AvgIpc) is 2.54. The van der Waals surface area contributed by atoms with Gasteiger partial charge in [-0.1, -0.05) is 18.9 Å². The Labute approximate surface area is 83.7 Å². The summed E-state index contributed by atoms with van der Waals surface area (Å²) in [4.78, 5) is 21.8. The van der Waals surface area contributed by atoms with Crippen LogP contribution in [0, 0.1) is 11.8 Å². The molecule has 1 saturated carbocycles. The molecule has 2 atom stereocenters. The number of hydrogen-bond acceptors (Lipinski definition) is 2. The molecule has 14 heavy (non-hydrogen) atoms. The molecule has 0 spiro atoms. The smallest absolute Gasteiger partial charge is 0.159 e. The van der Waals surface area contributed by atoms with Crippen LogP contribution in [0.3, 0.4) is 0 Å². The minimum Gasteiger partial charge on any atom is -0.299 e. The van der Waals surface area contributed by atoms with Gasteiger partial charge in [-0.15, -0.1) is 0 Å². The van der Waals surface area contributed by atoms with Crippen molar-refractivity contribution in [3.63, 3.8) is 0 Å². The fourth-order valence-electron chi connectivity index (χ4n) is 2.57. The van der Waals surface area contributed by atoms with E-state index in [-0.39, 0.29) is 11.7 Å². The number of allylic oxidation sites excluding steroid dienone is 4. The van der Waals surface area contributed by atoms with Crippen LogP contribution in [-0.4, -0.2) is 12.1 Å². The summed E-state index contributed by atoms with van der Waals surface area (Å²) < 4.78 is 0. The Morgan fingerprint density at radius 2 is 1.93 bits per heavy atom. The van der Waals surface area contributed by atoms with E-state index in [1.54, 1.807) is 12.2 Å². The number of ketones is 1. The molecule has 2 rings (SSSR count). The van der Waals surface area contributed by atoms with Gasteiger partial charge in [0, 0.05) is 5.92 Å². The fourth-order valence-corrected chi connectivity index (χ4v) is 2.57. The van der Waals surface area contributed by atoms with E-state index in [0.717, 1.165) is 24.7 Å². The first kappa shape index (κ1) is 9.38. The lowest BCUT2D eigenvalue weighted by atomic mass is 9.78. The fraction of sp³-hybridized carbons (Fsp3) is 0.500. The summed E-state index contributed by atoms with van der Waals surface area (Å²) >= 11 is 0. The molecule has 2 aliphatic carbocycles. The number of carbonyl (C=O) groups excluding carboxylic acids is 2. The normalized spacial score (nSPS) is 31.7. The molecule has 74 valence electrons. The molecule has 0 heterocycles.